The van der Waals surface area contributed by atoms with E-state index in [-0.39, 0.29) is 18.8 Å². The summed E-state index contributed by atoms with van der Waals surface area (Å²) in [5.41, 5.74) is -0.810. The first-order valence-electron chi connectivity index (χ1n) is 11.2. The van der Waals surface area contributed by atoms with Crippen molar-refractivity contribution in [3.63, 3.8) is 0 Å². The molecule has 3 rings (SSSR count). The molecule has 0 aliphatic carbocycles. The molecule has 0 saturated carbocycles. The Bertz CT molecular complexity index is 1050. The third-order valence-electron chi connectivity index (χ3n) is 5.42. The standard InChI is InChI=1S/C24H33N3O7/c1-23(2,3)18(25-22(30)33-24(4,5)6)20(28)27-13-14(12-16(27)21(29)31-7)32-19-15-10-8-9-11-17(15)34-26-19/h8-11,14,16,18H,12-13H2,1-7H3,(H,25,30)/t14-,16?,18-/m1/s1. The van der Waals surface area contributed by atoms with E-state index in [9.17, 15) is 14.4 Å². The van der Waals surface area contributed by atoms with Crippen molar-refractivity contribution in [3.05, 3.63) is 24.3 Å². The SMILES string of the molecule is COC(=O)C1C[C@@H](Oc2noc3ccccc23)CN1C(=O)[C@@H](NC(=O)OC(C)(C)C)C(C)(C)C. The van der Waals surface area contributed by atoms with Crippen molar-refractivity contribution in [2.45, 2.75) is 71.8 Å². The van der Waals surface area contributed by atoms with Crippen molar-refractivity contribution >= 4 is 28.9 Å². The summed E-state index contributed by atoms with van der Waals surface area (Å²) in [6.45, 7) is 10.8. The normalized spacial score (nSPS) is 19.6. The van der Waals surface area contributed by atoms with Crippen LogP contribution in [0.5, 0.6) is 5.88 Å². The Hall–Kier alpha value is -3.30. The van der Waals surface area contributed by atoms with E-state index in [0.717, 1.165) is 0 Å². The van der Waals surface area contributed by atoms with E-state index in [1.165, 1.54) is 12.0 Å². The van der Waals surface area contributed by atoms with Gasteiger partial charge in [-0.1, -0.05) is 32.9 Å². The molecule has 2 heterocycles. The minimum Gasteiger partial charge on any atom is -0.470 e. The zero-order valence-corrected chi connectivity index (χ0v) is 20.7. The third-order valence-corrected chi connectivity index (χ3v) is 5.42. The van der Waals surface area contributed by atoms with E-state index in [4.69, 9.17) is 18.7 Å². The summed E-state index contributed by atoms with van der Waals surface area (Å²) < 4.78 is 21.6. The maximum atomic E-state index is 13.6. The molecule has 10 nitrogen and oxygen atoms in total. The van der Waals surface area contributed by atoms with Gasteiger partial charge in [0.05, 0.1) is 19.0 Å². The summed E-state index contributed by atoms with van der Waals surface area (Å²) in [6, 6.07) is 5.44. The first-order chi connectivity index (χ1) is 15.8. The Morgan fingerprint density at radius 2 is 1.82 bits per heavy atom. The number of nitrogens with one attached hydrogen (secondary N) is 1. The topological polar surface area (TPSA) is 120 Å². The molecule has 186 valence electrons. The lowest BCUT2D eigenvalue weighted by atomic mass is 9.85. The second-order valence-corrected chi connectivity index (χ2v) is 10.4. The number of aromatic nitrogens is 1. The lowest BCUT2D eigenvalue weighted by molar-refractivity contribution is -0.152. The Morgan fingerprint density at radius 1 is 1.15 bits per heavy atom. The Kier molecular flexibility index (Phi) is 7.09. The number of nitrogens with zero attached hydrogens (tertiary/aromatic N) is 2. The van der Waals surface area contributed by atoms with Gasteiger partial charge in [0.25, 0.3) is 5.88 Å². The minimum absolute atomic E-state index is 0.113. The number of benzene rings is 1. The quantitative estimate of drug-likeness (QED) is 0.654. The van der Waals surface area contributed by atoms with Crippen LogP contribution in [0.3, 0.4) is 0 Å². The molecule has 2 amide bonds. The monoisotopic (exact) mass is 475 g/mol. The van der Waals surface area contributed by atoms with Crippen molar-refractivity contribution in [3.8, 4) is 5.88 Å². The number of rotatable bonds is 5. The molecule has 1 aromatic heterocycles. The Balaban J connectivity index is 1.82. The first-order valence-corrected chi connectivity index (χ1v) is 11.2. The highest BCUT2D eigenvalue weighted by molar-refractivity contribution is 5.91. The lowest BCUT2D eigenvalue weighted by Crippen LogP contribution is -2.57. The van der Waals surface area contributed by atoms with Crippen LogP contribution in [-0.2, 0) is 19.1 Å². The number of hydrogen-bond donors (Lipinski definition) is 1. The molecule has 3 atom stereocenters. The minimum atomic E-state index is -0.943. The van der Waals surface area contributed by atoms with Gasteiger partial charge in [-0.05, 0) is 43.5 Å². The summed E-state index contributed by atoms with van der Waals surface area (Å²) in [5, 5.41) is 7.35. The molecule has 2 aromatic rings. The van der Waals surface area contributed by atoms with Crippen LogP contribution in [-0.4, -0.2) is 65.5 Å². The second kappa shape index (κ2) is 9.52. The number of para-hydroxylation sites is 1. The fourth-order valence-electron chi connectivity index (χ4n) is 3.83. The highest BCUT2D eigenvalue weighted by atomic mass is 16.6. The highest BCUT2D eigenvalue weighted by Gasteiger charge is 2.46. The van der Waals surface area contributed by atoms with Gasteiger partial charge in [-0.3, -0.25) is 4.79 Å². The number of ether oxygens (including phenoxy) is 3. The first kappa shape index (κ1) is 25.3. The average molecular weight is 476 g/mol. The van der Waals surface area contributed by atoms with Crippen molar-refractivity contribution in [2.75, 3.05) is 13.7 Å². The third kappa shape index (κ3) is 5.78. The van der Waals surface area contributed by atoms with Crippen LogP contribution >= 0.6 is 0 Å². The number of methoxy groups -OCH3 is 1. The van der Waals surface area contributed by atoms with Gasteiger partial charge in [0, 0.05) is 6.42 Å². The van der Waals surface area contributed by atoms with Gasteiger partial charge in [-0.15, -0.1) is 0 Å². The van der Waals surface area contributed by atoms with Gasteiger partial charge >= 0.3 is 12.1 Å². The number of esters is 1. The Morgan fingerprint density at radius 3 is 2.44 bits per heavy atom. The molecule has 0 bridgehead atoms. The highest BCUT2D eigenvalue weighted by Crippen LogP contribution is 2.31. The molecule has 34 heavy (non-hydrogen) atoms. The maximum absolute atomic E-state index is 13.6. The van der Waals surface area contributed by atoms with Crippen molar-refractivity contribution in [1.29, 1.82) is 0 Å². The average Bonchev–Trinajstić information content (AvgIpc) is 3.34. The summed E-state index contributed by atoms with van der Waals surface area (Å²) in [7, 11) is 1.27. The van der Waals surface area contributed by atoms with Crippen LogP contribution in [0.15, 0.2) is 28.8 Å². The molecule has 1 N–H and O–H groups in total. The van der Waals surface area contributed by atoms with E-state index >= 15 is 0 Å². The Labute approximate surface area is 198 Å². The van der Waals surface area contributed by atoms with Gasteiger partial charge in [0.15, 0.2) is 5.58 Å². The summed E-state index contributed by atoms with van der Waals surface area (Å²) in [5.74, 6) is -0.697. The fraction of sp³-hybridized carbons (Fsp3) is 0.583. The van der Waals surface area contributed by atoms with E-state index in [1.54, 1.807) is 26.8 Å². The van der Waals surface area contributed by atoms with Gasteiger partial charge in [0.2, 0.25) is 5.91 Å². The lowest BCUT2D eigenvalue weighted by Gasteiger charge is -2.35. The number of alkyl carbamates (subject to hydrolysis) is 1. The zero-order valence-electron chi connectivity index (χ0n) is 20.7. The van der Waals surface area contributed by atoms with E-state index in [2.05, 4.69) is 10.5 Å². The van der Waals surface area contributed by atoms with Gasteiger partial charge in [0.1, 0.15) is 23.8 Å². The van der Waals surface area contributed by atoms with Crippen LogP contribution in [0.1, 0.15) is 48.0 Å². The van der Waals surface area contributed by atoms with Gasteiger partial charge in [-0.25, -0.2) is 9.59 Å². The zero-order chi connectivity index (χ0) is 25.3. The number of amides is 2. The van der Waals surface area contributed by atoms with E-state index in [0.29, 0.717) is 11.0 Å². The number of hydrogen-bond acceptors (Lipinski definition) is 8. The molecule has 0 radical (unpaired) electrons. The molecule has 0 spiro atoms. The molecular formula is C24H33N3O7. The number of likely N-dealkylation sites (tertiary alicyclic amines) is 1. The van der Waals surface area contributed by atoms with Crippen LogP contribution in [0.2, 0.25) is 0 Å². The van der Waals surface area contributed by atoms with Crippen molar-refractivity contribution in [2.24, 2.45) is 5.41 Å². The fourth-order valence-corrected chi connectivity index (χ4v) is 3.83. The maximum Gasteiger partial charge on any atom is 0.408 e. The second-order valence-electron chi connectivity index (χ2n) is 10.4. The van der Waals surface area contributed by atoms with Crippen molar-refractivity contribution in [1.82, 2.24) is 15.4 Å². The van der Waals surface area contributed by atoms with E-state index < -0.39 is 47.2 Å². The molecule has 1 aliphatic rings. The molecule has 1 saturated heterocycles. The molecule has 10 heteroatoms. The predicted molar refractivity (Wildman–Crippen MR) is 123 cm³/mol. The van der Waals surface area contributed by atoms with Crippen LogP contribution in [0, 0.1) is 5.41 Å². The molecular weight excluding hydrogens is 442 g/mol. The number of carbonyl (C=O) groups excluding carboxylic acids is 3. The van der Waals surface area contributed by atoms with Crippen LogP contribution < -0.4 is 10.1 Å². The molecule has 1 fully saturated rings. The largest absolute Gasteiger partial charge is 0.470 e. The van der Waals surface area contributed by atoms with E-state index in [1.807, 2.05) is 39.0 Å². The number of fused-ring (bicyclic) bond motifs is 1. The summed E-state index contributed by atoms with van der Waals surface area (Å²) in [6.07, 6.45) is -1.02. The summed E-state index contributed by atoms with van der Waals surface area (Å²) >= 11 is 0. The molecule has 1 aromatic carbocycles. The van der Waals surface area contributed by atoms with Crippen LogP contribution in [0.4, 0.5) is 4.79 Å². The number of carbonyl (C=O) groups is 3. The van der Waals surface area contributed by atoms with Crippen molar-refractivity contribution < 1.29 is 33.1 Å². The predicted octanol–water partition coefficient (Wildman–Crippen LogP) is 3.29. The molecule has 1 unspecified atom stereocenters. The summed E-state index contributed by atoms with van der Waals surface area (Å²) in [4.78, 5) is 40.1. The molecule has 1 aliphatic heterocycles. The van der Waals surface area contributed by atoms with Crippen LogP contribution in [0.25, 0.3) is 11.0 Å². The van der Waals surface area contributed by atoms with Gasteiger partial charge < -0.3 is 29.0 Å². The smallest absolute Gasteiger partial charge is 0.408 e. The van der Waals surface area contributed by atoms with Gasteiger partial charge in [-0.2, -0.15) is 0 Å².